The molecule has 0 saturated heterocycles. The van der Waals surface area contributed by atoms with Crippen molar-refractivity contribution in [3.8, 4) is 11.5 Å². The Bertz CT molecular complexity index is 644. The standard InChI is InChI=1S/C18H22N2O3/c1-2-22-17-11-6-4-9-15(17)20-18(21)12-7-13-23-16-10-5-3-8-14(16)19/h3-6,8-11H,2,7,12-13,19H2,1H3,(H,20,21). The van der Waals surface area contributed by atoms with Crippen LogP contribution in [-0.4, -0.2) is 19.1 Å². The molecule has 122 valence electrons. The summed E-state index contributed by atoms with van der Waals surface area (Å²) >= 11 is 0. The zero-order valence-electron chi connectivity index (χ0n) is 13.2. The van der Waals surface area contributed by atoms with Crippen LogP contribution in [0.15, 0.2) is 48.5 Å². The van der Waals surface area contributed by atoms with Gasteiger partial charge in [-0.3, -0.25) is 4.79 Å². The zero-order chi connectivity index (χ0) is 16.5. The van der Waals surface area contributed by atoms with Crippen molar-refractivity contribution in [1.82, 2.24) is 0 Å². The predicted octanol–water partition coefficient (Wildman–Crippen LogP) is 3.47. The van der Waals surface area contributed by atoms with Gasteiger partial charge in [-0.2, -0.15) is 0 Å². The number of carbonyl (C=O) groups excluding carboxylic acids is 1. The molecule has 5 heteroatoms. The quantitative estimate of drug-likeness (QED) is 0.578. The number of nitrogen functional groups attached to an aromatic ring is 1. The average Bonchev–Trinajstić information content (AvgIpc) is 2.55. The van der Waals surface area contributed by atoms with Crippen molar-refractivity contribution < 1.29 is 14.3 Å². The van der Waals surface area contributed by atoms with Crippen molar-refractivity contribution in [3.63, 3.8) is 0 Å². The molecular weight excluding hydrogens is 292 g/mol. The van der Waals surface area contributed by atoms with Gasteiger partial charge in [-0.25, -0.2) is 0 Å². The summed E-state index contributed by atoms with van der Waals surface area (Å²) in [5.74, 6) is 1.26. The first-order chi connectivity index (χ1) is 11.2. The van der Waals surface area contributed by atoms with E-state index >= 15 is 0 Å². The first-order valence-corrected chi connectivity index (χ1v) is 7.69. The molecule has 0 aliphatic rings. The van der Waals surface area contributed by atoms with E-state index in [1.807, 2.05) is 49.4 Å². The number of ether oxygens (including phenoxy) is 2. The van der Waals surface area contributed by atoms with E-state index in [0.29, 0.717) is 48.9 Å². The molecule has 0 spiro atoms. The summed E-state index contributed by atoms with van der Waals surface area (Å²) in [5, 5.41) is 2.86. The third-order valence-corrected chi connectivity index (χ3v) is 3.19. The van der Waals surface area contributed by atoms with Crippen LogP contribution in [0, 0.1) is 0 Å². The Kier molecular flexibility index (Phi) is 6.29. The van der Waals surface area contributed by atoms with Crippen LogP contribution in [0.3, 0.4) is 0 Å². The number of hydrogen-bond donors (Lipinski definition) is 2. The SMILES string of the molecule is CCOc1ccccc1NC(=O)CCCOc1ccccc1N. The van der Waals surface area contributed by atoms with E-state index in [4.69, 9.17) is 15.2 Å². The Hall–Kier alpha value is -2.69. The summed E-state index contributed by atoms with van der Waals surface area (Å²) < 4.78 is 11.1. The van der Waals surface area contributed by atoms with Crippen LogP contribution < -0.4 is 20.5 Å². The van der Waals surface area contributed by atoms with Crippen molar-refractivity contribution in [3.05, 3.63) is 48.5 Å². The van der Waals surface area contributed by atoms with Gasteiger partial charge in [-0.1, -0.05) is 24.3 Å². The monoisotopic (exact) mass is 314 g/mol. The number of anilines is 2. The second-order valence-electron chi connectivity index (χ2n) is 4.97. The van der Waals surface area contributed by atoms with Gasteiger partial charge in [0.15, 0.2) is 0 Å². The van der Waals surface area contributed by atoms with Crippen molar-refractivity contribution >= 4 is 17.3 Å². The summed E-state index contributed by atoms with van der Waals surface area (Å²) in [4.78, 5) is 12.0. The van der Waals surface area contributed by atoms with Gasteiger partial charge in [0.05, 0.1) is 24.6 Å². The molecule has 0 aliphatic heterocycles. The smallest absolute Gasteiger partial charge is 0.224 e. The van der Waals surface area contributed by atoms with E-state index in [-0.39, 0.29) is 5.91 Å². The molecular formula is C18H22N2O3. The lowest BCUT2D eigenvalue weighted by atomic mass is 10.2. The molecule has 0 unspecified atom stereocenters. The van der Waals surface area contributed by atoms with Gasteiger partial charge >= 0.3 is 0 Å². The fourth-order valence-corrected chi connectivity index (χ4v) is 2.09. The zero-order valence-corrected chi connectivity index (χ0v) is 13.2. The summed E-state index contributed by atoms with van der Waals surface area (Å²) in [7, 11) is 0. The molecule has 2 aromatic carbocycles. The van der Waals surface area contributed by atoms with Gasteiger partial charge < -0.3 is 20.5 Å². The maximum absolute atomic E-state index is 12.0. The number of amides is 1. The molecule has 0 fully saturated rings. The molecule has 1 amide bonds. The maximum Gasteiger partial charge on any atom is 0.224 e. The van der Waals surface area contributed by atoms with Gasteiger partial charge in [0, 0.05) is 6.42 Å². The number of benzene rings is 2. The fraction of sp³-hybridized carbons (Fsp3) is 0.278. The van der Waals surface area contributed by atoms with Crippen LogP contribution >= 0.6 is 0 Å². The van der Waals surface area contributed by atoms with Crippen LogP contribution in [0.2, 0.25) is 0 Å². The molecule has 0 atom stereocenters. The van der Waals surface area contributed by atoms with Crippen molar-refractivity contribution in [2.24, 2.45) is 0 Å². The molecule has 0 bridgehead atoms. The second-order valence-corrected chi connectivity index (χ2v) is 4.97. The van der Waals surface area contributed by atoms with Gasteiger partial charge in [-0.15, -0.1) is 0 Å². The lowest BCUT2D eigenvalue weighted by Gasteiger charge is -2.11. The summed E-state index contributed by atoms with van der Waals surface area (Å²) in [5.41, 5.74) is 7.08. The van der Waals surface area contributed by atoms with Crippen LogP contribution in [-0.2, 0) is 4.79 Å². The van der Waals surface area contributed by atoms with Gasteiger partial charge in [0.1, 0.15) is 11.5 Å². The Morgan fingerprint density at radius 1 is 1.04 bits per heavy atom. The highest BCUT2D eigenvalue weighted by atomic mass is 16.5. The third kappa shape index (κ3) is 5.21. The number of nitrogens with one attached hydrogen (secondary N) is 1. The van der Waals surface area contributed by atoms with E-state index in [1.54, 1.807) is 6.07 Å². The molecule has 2 rings (SSSR count). The number of nitrogens with two attached hydrogens (primary N) is 1. The van der Waals surface area contributed by atoms with Gasteiger partial charge in [0.25, 0.3) is 0 Å². The molecule has 3 N–H and O–H groups in total. The van der Waals surface area contributed by atoms with E-state index in [0.717, 1.165) is 0 Å². The fourth-order valence-electron chi connectivity index (χ4n) is 2.09. The average molecular weight is 314 g/mol. The molecule has 0 heterocycles. The number of para-hydroxylation sites is 4. The number of rotatable bonds is 8. The Labute approximate surface area is 136 Å². The normalized spacial score (nSPS) is 10.1. The van der Waals surface area contributed by atoms with E-state index in [1.165, 1.54) is 0 Å². The first-order valence-electron chi connectivity index (χ1n) is 7.69. The van der Waals surface area contributed by atoms with Crippen molar-refractivity contribution in [1.29, 1.82) is 0 Å². The van der Waals surface area contributed by atoms with Crippen LogP contribution in [0.25, 0.3) is 0 Å². The largest absolute Gasteiger partial charge is 0.492 e. The molecule has 5 nitrogen and oxygen atoms in total. The summed E-state index contributed by atoms with van der Waals surface area (Å²) in [6, 6.07) is 14.7. The van der Waals surface area contributed by atoms with Crippen LogP contribution in [0.5, 0.6) is 11.5 Å². The Morgan fingerprint density at radius 2 is 1.74 bits per heavy atom. The highest BCUT2D eigenvalue weighted by Crippen LogP contribution is 2.24. The summed E-state index contributed by atoms with van der Waals surface area (Å²) in [6.07, 6.45) is 0.976. The highest BCUT2D eigenvalue weighted by Gasteiger charge is 2.07. The molecule has 0 aromatic heterocycles. The minimum Gasteiger partial charge on any atom is -0.492 e. The van der Waals surface area contributed by atoms with E-state index in [2.05, 4.69) is 5.32 Å². The van der Waals surface area contributed by atoms with Crippen LogP contribution in [0.4, 0.5) is 11.4 Å². The van der Waals surface area contributed by atoms with Crippen molar-refractivity contribution in [2.45, 2.75) is 19.8 Å². The maximum atomic E-state index is 12.0. The number of hydrogen-bond acceptors (Lipinski definition) is 4. The molecule has 0 aliphatic carbocycles. The number of carbonyl (C=O) groups is 1. The molecule has 0 saturated carbocycles. The van der Waals surface area contributed by atoms with Gasteiger partial charge in [0.2, 0.25) is 5.91 Å². The lowest BCUT2D eigenvalue weighted by Crippen LogP contribution is -2.13. The molecule has 0 radical (unpaired) electrons. The Morgan fingerprint density at radius 3 is 2.48 bits per heavy atom. The first kappa shape index (κ1) is 16.7. The summed E-state index contributed by atoms with van der Waals surface area (Å²) in [6.45, 7) is 2.90. The lowest BCUT2D eigenvalue weighted by molar-refractivity contribution is -0.116. The second kappa shape index (κ2) is 8.68. The molecule has 2 aromatic rings. The topological polar surface area (TPSA) is 73.6 Å². The molecule has 23 heavy (non-hydrogen) atoms. The van der Waals surface area contributed by atoms with E-state index in [9.17, 15) is 4.79 Å². The van der Waals surface area contributed by atoms with Gasteiger partial charge in [-0.05, 0) is 37.6 Å². The van der Waals surface area contributed by atoms with Crippen molar-refractivity contribution in [2.75, 3.05) is 24.3 Å². The highest BCUT2D eigenvalue weighted by molar-refractivity contribution is 5.92. The van der Waals surface area contributed by atoms with Crippen LogP contribution in [0.1, 0.15) is 19.8 Å². The van der Waals surface area contributed by atoms with E-state index < -0.39 is 0 Å². The third-order valence-electron chi connectivity index (χ3n) is 3.19. The Balaban J connectivity index is 1.76. The minimum absolute atomic E-state index is 0.0678. The predicted molar refractivity (Wildman–Crippen MR) is 91.8 cm³/mol. The minimum atomic E-state index is -0.0678.